The lowest BCUT2D eigenvalue weighted by molar-refractivity contribution is -0.144. The molecule has 1 unspecified atom stereocenters. The first-order chi connectivity index (χ1) is 14.5. The highest BCUT2D eigenvalue weighted by molar-refractivity contribution is 8.03. The SMILES string of the molecule is CSc1nnc(SCC2=CN3C(=O)C(NC(=O)C(=CCl)c4csc(N)n4)[C@@H]3SC2)s1. The topological polar surface area (TPSA) is 114 Å². The molecular formula is C16H15ClN6O2S5. The van der Waals surface area contributed by atoms with Crippen molar-refractivity contribution in [1.29, 1.82) is 0 Å². The second-order valence-corrected chi connectivity index (χ2v) is 11.6. The van der Waals surface area contributed by atoms with E-state index in [0.29, 0.717) is 10.8 Å². The first-order valence-corrected chi connectivity index (χ1v) is 13.9. The van der Waals surface area contributed by atoms with E-state index >= 15 is 0 Å². The highest BCUT2D eigenvalue weighted by Gasteiger charge is 2.49. The predicted octanol–water partition coefficient (Wildman–Crippen LogP) is 2.95. The van der Waals surface area contributed by atoms with Gasteiger partial charge in [0.1, 0.15) is 11.4 Å². The van der Waals surface area contributed by atoms with Gasteiger partial charge in [-0.25, -0.2) is 4.98 Å². The third-order valence-electron chi connectivity index (χ3n) is 4.22. The normalized spacial score (nSPS) is 21.1. The Bertz CT molecular complexity index is 1040. The van der Waals surface area contributed by atoms with Crippen LogP contribution in [0.4, 0.5) is 5.13 Å². The predicted molar refractivity (Wildman–Crippen MR) is 126 cm³/mol. The molecule has 1 saturated heterocycles. The molecule has 3 N–H and O–H groups in total. The summed E-state index contributed by atoms with van der Waals surface area (Å²) < 4.78 is 1.85. The Kier molecular flexibility index (Phi) is 6.95. The number of nitrogens with two attached hydrogens (primary N) is 1. The van der Waals surface area contributed by atoms with Crippen LogP contribution in [0.1, 0.15) is 5.69 Å². The molecule has 2 aliphatic heterocycles. The lowest BCUT2D eigenvalue weighted by Crippen LogP contribution is -2.68. The molecule has 158 valence electrons. The van der Waals surface area contributed by atoms with E-state index in [1.807, 2.05) is 12.5 Å². The number of halogens is 1. The van der Waals surface area contributed by atoms with Crippen molar-refractivity contribution >= 4 is 92.1 Å². The lowest BCUT2D eigenvalue weighted by atomic mass is 10.1. The average Bonchev–Trinajstić information content (AvgIpc) is 3.39. The molecule has 0 spiro atoms. The van der Waals surface area contributed by atoms with E-state index in [1.54, 1.807) is 56.9 Å². The van der Waals surface area contributed by atoms with E-state index in [0.717, 1.165) is 31.3 Å². The molecule has 1 fully saturated rings. The van der Waals surface area contributed by atoms with Gasteiger partial charge in [-0.1, -0.05) is 46.5 Å². The number of hydrogen-bond donors (Lipinski definition) is 2. The summed E-state index contributed by atoms with van der Waals surface area (Å²) in [5.41, 5.74) is 8.50. The minimum atomic E-state index is -0.595. The molecule has 0 bridgehead atoms. The van der Waals surface area contributed by atoms with Gasteiger partial charge in [-0.05, 0) is 11.8 Å². The number of thioether (sulfide) groups is 3. The van der Waals surface area contributed by atoms with Crippen molar-refractivity contribution in [2.24, 2.45) is 0 Å². The van der Waals surface area contributed by atoms with Crippen LogP contribution in [0.15, 0.2) is 31.4 Å². The summed E-state index contributed by atoms with van der Waals surface area (Å²) in [5.74, 6) is 0.937. The van der Waals surface area contributed by atoms with Crippen molar-refractivity contribution in [3.05, 3.63) is 28.4 Å². The van der Waals surface area contributed by atoms with Gasteiger partial charge in [0.2, 0.25) is 0 Å². The Hall–Kier alpha value is -1.25. The summed E-state index contributed by atoms with van der Waals surface area (Å²) in [4.78, 5) is 30.9. The number of amides is 2. The Morgan fingerprint density at radius 3 is 2.93 bits per heavy atom. The number of nitrogens with one attached hydrogen (secondary N) is 1. The van der Waals surface area contributed by atoms with Gasteiger partial charge in [0.05, 0.1) is 11.3 Å². The molecule has 30 heavy (non-hydrogen) atoms. The minimum Gasteiger partial charge on any atom is -0.375 e. The van der Waals surface area contributed by atoms with Crippen LogP contribution in [-0.4, -0.2) is 61.1 Å². The van der Waals surface area contributed by atoms with E-state index in [4.69, 9.17) is 17.3 Å². The number of anilines is 1. The van der Waals surface area contributed by atoms with Gasteiger partial charge >= 0.3 is 0 Å². The van der Waals surface area contributed by atoms with Crippen LogP contribution in [0.25, 0.3) is 5.57 Å². The molecule has 2 amide bonds. The molecule has 2 aromatic rings. The van der Waals surface area contributed by atoms with Gasteiger partial charge < -0.3 is 16.0 Å². The second kappa shape index (κ2) is 9.49. The molecule has 2 aliphatic rings. The zero-order valence-corrected chi connectivity index (χ0v) is 20.2. The van der Waals surface area contributed by atoms with Crippen molar-refractivity contribution in [3.63, 3.8) is 0 Å². The summed E-state index contributed by atoms with van der Waals surface area (Å²) in [6.45, 7) is 0. The van der Waals surface area contributed by atoms with E-state index in [2.05, 4.69) is 20.5 Å². The van der Waals surface area contributed by atoms with Gasteiger partial charge in [0.25, 0.3) is 11.8 Å². The number of thiazole rings is 1. The molecule has 2 atom stereocenters. The van der Waals surface area contributed by atoms with Gasteiger partial charge in [-0.2, -0.15) is 0 Å². The summed E-state index contributed by atoms with van der Waals surface area (Å²) >= 11 is 13.4. The number of nitrogen functional groups attached to an aromatic ring is 1. The maximum atomic E-state index is 12.6. The Balaban J connectivity index is 1.35. The fourth-order valence-corrected chi connectivity index (χ4v) is 7.35. The smallest absolute Gasteiger partial charge is 0.255 e. The highest BCUT2D eigenvalue weighted by Crippen LogP contribution is 2.38. The number of fused-ring (bicyclic) bond motifs is 1. The fourth-order valence-electron chi connectivity index (χ4n) is 2.78. The molecule has 8 nitrogen and oxygen atoms in total. The number of β-lactam (4-membered cyclic amide) rings is 1. The molecule has 4 rings (SSSR count). The number of rotatable bonds is 7. The van der Waals surface area contributed by atoms with Crippen LogP contribution in [-0.2, 0) is 9.59 Å². The van der Waals surface area contributed by atoms with Gasteiger partial charge in [0, 0.05) is 28.6 Å². The number of carbonyl (C=O) groups is 2. The first kappa shape index (κ1) is 22.0. The van der Waals surface area contributed by atoms with Crippen LogP contribution in [0.5, 0.6) is 0 Å². The lowest BCUT2D eigenvalue weighted by Gasteiger charge is -2.47. The van der Waals surface area contributed by atoms with Crippen LogP contribution in [0, 0.1) is 0 Å². The summed E-state index contributed by atoms with van der Waals surface area (Å²) in [7, 11) is 0. The zero-order chi connectivity index (χ0) is 21.3. The van der Waals surface area contributed by atoms with Crippen LogP contribution in [0.3, 0.4) is 0 Å². The van der Waals surface area contributed by atoms with E-state index in [1.165, 1.54) is 11.3 Å². The standard InChI is InChI=1S/C16H15ClN6O2S5/c1-26-15-21-22-16(30-15)29-5-7-3-23-12(25)10(13(23)27-4-7)20-11(24)8(2-17)9-6-28-14(18)19-9/h2-3,6,10,13H,4-5H2,1H3,(H2,18,19)(H,20,24)/t10?,13-/m0/s1. The molecule has 14 heteroatoms. The molecule has 4 heterocycles. The number of carbonyl (C=O) groups excluding carboxylic acids is 2. The first-order valence-electron chi connectivity index (χ1n) is 8.46. The zero-order valence-electron chi connectivity index (χ0n) is 15.4. The largest absolute Gasteiger partial charge is 0.375 e. The summed E-state index contributed by atoms with van der Waals surface area (Å²) in [6, 6.07) is -0.595. The fraction of sp³-hybridized carbons (Fsp3) is 0.312. The molecule has 0 aliphatic carbocycles. The Labute approximate surface area is 198 Å². The molecule has 0 saturated carbocycles. The van der Waals surface area contributed by atoms with E-state index in [9.17, 15) is 9.59 Å². The van der Waals surface area contributed by atoms with Crippen molar-refractivity contribution in [2.75, 3.05) is 23.5 Å². The summed E-state index contributed by atoms with van der Waals surface area (Å²) in [6.07, 6.45) is 3.85. The number of nitrogens with zero attached hydrogens (tertiary/aromatic N) is 4. The third kappa shape index (κ3) is 4.50. The highest BCUT2D eigenvalue weighted by atomic mass is 35.5. The van der Waals surface area contributed by atoms with Crippen LogP contribution < -0.4 is 11.1 Å². The Morgan fingerprint density at radius 2 is 2.27 bits per heavy atom. The maximum absolute atomic E-state index is 12.6. The van der Waals surface area contributed by atoms with Crippen LogP contribution >= 0.6 is 69.6 Å². The van der Waals surface area contributed by atoms with Crippen LogP contribution in [0.2, 0.25) is 0 Å². The van der Waals surface area contributed by atoms with Crippen molar-refractivity contribution < 1.29 is 9.59 Å². The Morgan fingerprint density at radius 1 is 1.47 bits per heavy atom. The molecule has 0 radical (unpaired) electrons. The number of hydrogen-bond acceptors (Lipinski definition) is 11. The molecule has 2 aromatic heterocycles. The third-order valence-corrected chi connectivity index (χ3v) is 9.63. The average molecular weight is 519 g/mol. The van der Waals surface area contributed by atoms with Gasteiger partial charge in [-0.15, -0.1) is 33.3 Å². The second-order valence-electron chi connectivity index (χ2n) is 6.11. The molecular weight excluding hydrogens is 504 g/mol. The van der Waals surface area contributed by atoms with Gasteiger partial charge in [0.15, 0.2) is 13.8 Å². The molecule has 0 aromatic carbocycles. The van der Waals surface area contributed by atoms with E-state index in [-0.39, 0.29) is 16.9 Å². The van der Waals surface area contributed by atoms with E-state index < -0.39 is 11.9 Å². The quantitative estimate of drug-likeness (QED) is 0.324. The van der Waals surface area contributed by atoms with Crippen molar-refractivity contribution in [1.82, 2.24) is 25.4 Å². The summed E-state index contributed by atoms with van der Waals surface area (Å²) in [5, 5.41) is 12.9. The number of aromatic nitrogens is 3. The monoisotopic (exact) mass is 518 g/mol. The van der Waals surface area contributed by atoms with Crippen molar-refractivity contribution in [3.8, 4) is 0 Å². The maximum Gasteiger partial charge on any atom is 0.255 e. The van der Waals surface area contributed by atoms with Crippen molar-refractivity contribution in [2.45, 2.75) is 20.1 Å². The van der Waals surface area contributed by atoms with Gasteiger partial charge in [-0.3, -0.25) is 9.59 Å². The minimum absolute atomic E-state index is 0.128.